The van der Waals surface area contributed by atoms with Gasteiger partial charge in [-0.15, -0.1) is 0 Å². The lowest BCUT2D eigenvalue weighted by molar-refractivity contribution is -0.117. The fourth-order valence-electron chi connectivity index (χ4n) is 2.72. The Labute approximate surface area is 85.3 Å². The zero-order chi connectivity index (χ0) is 9.97. The van der Waals surface area contributed by atoms with Gasteiger partial charge in [-0.2, -0.15) is 0 Å². The Morgan fingerprint density at radius 1 is 1.14 bits per heavy atom. The number of carbonyl (C=O) groups is 1. The molecule has 0 amide bonds. The normalized spacial score (nSPS) is 24.5. The smallest absolute Gasteiger partial charge is 0.162 e. The highest BCUT2D eigenvalue weighted by Gasteiger charge is 2.30. The SMILES string of the molecule is COC1=C(C2CCCC2)C(=O)CCC1. The third-order valence-electron chi connectivity index (χ3n) is 3.42. The highest BCUT2D eigenvalue weighted by molar-refractivity contribution is 5.97. The fraction of sp³-hybridized carbons (Fsp3) is 0.750. The summed E-state index contributed by atoms with van der Waals surface area (Å²) in [6.07, 6.45) is 7.60. The fourth-order valence-corrected chi connectivity index (χ4v) is 2.72. The van der Waals surface area contributed by atoms with Crippen molar-refractivity contribution in [2.24, 2.45) is 5.92 Å². The lowest BCUT2D eigenvalue weighted by Crippen LogP contribution is -2.18. The Hall–Kier alpha value is -0.790. The van der Waals surface area contributed by atoms with Gasteiger partial charge in [-0.1, -0.05) is 12.8 Å². The topological polar surface area (TPSA) is 26.3 Å². The second-order valence-corrected chi connectivity index (χ2v) is 4.30. The molecule has 0 aromatic rings. The molecule has 0 heterocycles. The van der Waals surface area contributed by atoms with E-state index in [2.05, 4.69) is 0 Å². The van der Waals surface area contributed by atoms with Crippen LogP contribution in [0.5, 0.6) is 0 Å². The summed E-state index contributed by atoms with van der Waals surface area (Å²) >= 11 is 0. The van der Waals surface area contributed by atoms with Crippen LogP contribution in [0.1, 0.15) is 44.9 Å². The summed E-state index contributed by atoms with van der Waals surface area (Å²) in [4.78, 5) is 11.8. The van der Waals surface area contributed by atoms with Gasteiger partial charge in [0.1, 0.15) is 5.76 Å². The number of ether oxygens (including phenoxy) is 1. The molecule has 0 aromatic heterocycles. The molecule has 2 heteroatoms. The van der Waals surface area contributed by atoms with Gasteiger partial charge in [-0.3, -0.25) is 4.79 Å². The first-order chi connectivity index (χ1) is 6.83. The molecule has 2 rings (SSSR count). The van der Waals surface area contributed by atoms with Crippen LogP contribution in [-0.4, -0.2) is 12.9 Å². The number of hydrogen-bond donors (Lipinski definition) is 0. The maximum atomic E-state index is 11.8. The molecule has 0 atom stereocenters. The van der Waals surface area contributed by atoms with Gasteiger partial charge in [0.05, 0.1) is 7.11 Å². The van der Waals surface area contributed by atoms with Crippen LogP contribution in [0.25, 0.3) is 0 Å². The zero-order valence-corrected chi connectivity index (χ0v) is 8.84. The summed E-state index contributed by atoms with van der Waals surface area (Å²) in [5, 5.41) is 0. The van der Waals surface area contributed by atoms with E-state index < -0.39 is 0 Å². The van der Waals surface area contributed by atoms with Crippen molar-refractivity contribution in [1.82, 2.24) is 0 Å². The number of methoxy groups -OCH3 is 1. The second-order valence-electron chi connectivity index (χ2n) is 4.30. The average Bonchev–Trinajstić information content (AvgIpc) is 2.70. The van der Waals surface area contributed by atoms with Crippen molar-refractivity contribution in [2.45, 2.75) is 44.9 Å². The Bertz CT molecular complexity index is 259. The van der Waals surface area contributed by atoms with Gasteiger partial charge in [0, 0.05) is 18.4 Å². The Kier molecular flexibility index (Phi) is 2.90. The summed E-state index contributed by atoms with van der Waals surface area (Å²) in [5.74, 6) is 1.84. The van der Waals surface area contributed by atoms with Gasteiger partial charge >= 0.3 is 0 Å². The first kappa shape index (κ1) is 9.75. The van der Waals surface area contributed by atoms with Crippen molar-refractivity contribution >= 4 is 5.78 Å². The van der Waals surface area contributed by atoms with Crippen LogP contribution >= 0.6 is 0 Å². The molecule has 0 aliphatic heterocycles. The van der Waals surface area contributed by atoms with Crippen molar-refractivity contribution in [3.05, 3.63) is 11.3 Å². The number of ketones is 1. The summed E-state index contributed by atoms with van der Waals surface area (Å²) in [6.45, 7) is 0. The van der Waals surface area contributed by atoms with Crippen LogP contribution in [0.4, 0.5) is 0 Å². The summed E-state index contributed by atoms with van der Waals surface area (Å²) in [5.41, 5.74) is 1.04. The molecule has 0 spiro atoms. The molecule has 0 bridgehead atoms. The van der Waals surface area contributed by atoms with E-state index in [4.69, 9.17) is 4.74 Å². The van der Waals surface area contributed by atoms with Crippen molar-refractivity contribution in [3.63, 3.8) is 0 Å². The minimum atomic E-state index is 0.347. The summed E-state index contributed by atoms with van der Waals surface area (Å²) in [6, 6.07) is 0. The Balaban J connectivity index is 2.24. The molecule has 2 nitrogen and oxygen atoms in total. The minimum absolute atomic E-state index is 0.347. The lowest BCUT2D eigenvalue weighted by atomic mass is 9.86. The third kappa shape index (κ3) is 1.70. The molecule has 2 aliphatic rings. The molecule has 0 aromatic carbocycles. The van der Waals surface area contributed by atoms with Gasteiger partial charge in [0.25, 0.3) is 0 Å². The van der Waals surface area contributed by atoms with E-state index in [1.165, 1.54) is 25.7 Å². The number of Topliss-reactive ketones (excluding diaryl/α,β-unsaturated/α-hetero) is 1. The monoisotopic (exact) mass is 194 g/mol. The van der Waals surface area contributed by atoms with E-state index in [9.17, 15) is 4.79 Å². The standard InChI is InChI=1S/C12H18O2/c1-14-11-8-4-7-10(13)12(11)9-5-2-3-6-9/h9H,2-8H2,1H3. The highest BCUT2D eigenvalue weighted by Crippen LogP contribution is 2.37. The molecule has 14 heavy (non-hydrogen) atoms. The van der Waals surface area contributed by atoms with Crippen LogP contribution < -0.4 is 0 Å². The molecule has 0 N–H and O–H groups in total. The summed E-state index contributed by atoms with van der Waals surface area (Å²) < 4.78 is 5.35. The van der Waals surface area contributed by atoms with E-state index in [0.29, 0.717) is 11.7 Å². The van der Waals surface area contributed by atoms with E-state index in [0.717, 1.165) is 30.6 Å². The maximum absolute atomic E-state index is 11.8. The van der Waals surface area contributed by atoms with Gasteiger partial charge in [0.2, 0.25) is 0 Å². The molecule has 2 aliphatic carbocycles. The molecule has 1 saturated carbocycles. The van der Waals surface area contributed by atoms with Crippen LogP contribution in [0.3, 0.4) is 0 Å². The first-order valence-electron chi connectivity index (χ1n) is 5.63. The molecular weight excluding hydrogens is 176 g/mol. The van der Waals surface area contributed by atoms with E-state index in [1.807, 2.05) is 0 Å². The molecule has 0 unspecified atom stereocenters. The van der Waals surface area contributed by atoms with E-state index in [1.54, 1.807) is 7.11 Å². The summed E-state index contributed by atoms with van der Waals surface area (Å²) in [7, 11) is 1.70. The van der Waals surface area contributed by atoms with Crippen molar-refractivity contribution in [1.29, 1.82) is 0 Å². The molecule has 78 valence electrons. The van der Waals surface area contributed by atoms with Gasteiger partial charge in [-0.05, 0) is 25.2 Å². The quantitative estimate of drug-likeness (QED) is 0.675. The zero-order valence-electron chi connectivity index (χ0n) is 8.84. The van der Waals surface area contributed by atoms with E-state index in [-0.39, 0.29) is 0 Å². The highest BCUT2D eigenvalue weighted by atomic mass is 16.5. The number of rotatable bonds is 2. The predicted molar refractivity (Wildman–Crippen MR) is 54.9 cm³/mol. The number of carbonyl (C=O) groups excluding carboxylic acids is 1. The largest absolute Gasteiger partial charge is 0.501 e. The lowest BCUT2D eigenvalue weighted by Gasteiger charge is -2.22. The molecule has 0 saturated heterocycles. The predicted octanol–water partition coefficient (Wildman–Crippen LogP) is 2.83. The van der Waals surface area contributed by atoms with Crippen molar-refractivity contribution in [2.75, 3.05) is 7.11 Å². The number of allylic oxidation sites excluding steroid dienone is 2. The Morgan fingerprint density at radius 3 is 2.50 bits per heavy atom. The second kappa shape index (κ2) is 4.16. The minimum Gasteiger partial charge on any atom is -0.501 e. The number of hydrogen-bond acceptors (Lipinski definition) is 2. The molecule has 0 radical (unpaired) electrons. The van der Waals surface area contributed by atoms with Gasteiger partial charge in [-0.25, -0.2) is 0 Å². The molecule has 1 fully saturated rings. The van der Waals surface area contributed by atoms with Gasteiger partial charge in [0.15, 0.2) is 5.78 Å². The maximum Gasteiger partial charge on any atom is 0.162 e. The third-order valence-corrected chi connectivity index (χ3v) is 3.42. The van der Waals surface area contributed by atoms with Crippen molar-refractivity contribution in [3.8, 4) is 0 Å². The first-order valence-corrected chi connectivity index (χ1v) is 5.63. The van der Waals surface area contributed by atoms with Gasteiger partial charge < -0.3 is 4.74 Å². The van der Waals surface area contributed by atoms with Crippen molar-refractivity contribution < 1.29 is 9.53 Å². The van der Waals surface area contributed by atoms with Crippen LogP contribution in [-0.2, 0) is 9.53 Å². The van der Waals surface area contributed by atoms with Crippen LogP contribution in [0.2, 0.25) is 0 Å². The average molecular weight is 194 g/mol. The van der Waals surface area contributed by atoms with E-state index >= 15 is 0 Å². The van der Waals surface area contributed by atoms with Crippen LogP contribution in [0.15, 0.2) is 11.3 Å². The Morgan fingerprint density at radius 2 is 1.86 bits per heavy atom. The van der Waals surface area contributed by atoms with Crippen LogP contribution in [0, 0.1) is 5.92 Å². The molecular formula is C12H18O2.